The molecule has 1 amide bonds. The lowest BCUT2D eigenvalue weighted by Crippen LogP contribution is -2.39. The second kappa shape index (κ2) is 7.96. The molecule has 0 unspecified atom stereocenters. The molecule has 1 aliphatic heterocycles. The number of H-pyrrole nitrogens is 1. The van der Waals surface area contributed by atoms with E-state index in [4.69, 9.17) is 4.74 Å². The van der Waals surface area contributed by atoms with Gasteiger partial charge in [-0.1, -0.05) is 0 Å². The van der Waals surface area contributed by atoms with Crippen molar-refractivity contribution in [2.75, 3.05) is 20.3 Å². The summed E-state index contributed by atoms with van der Waals surface area (Å²) in [5.41, 5.74) is 2.98. The maximum absolute atomic E-state index is 13.1. The zero-order chi connectivity index (χ0) is 20.4. The van der Waals surface area contributed by atoms with Crippen molar-refractivity contribution in [2.24, 2.45) is 0 Å². The Morgan fingerprint density at radius 3 is 2.83 bits per heavy atom. The maximum Gasteiger partial charge on any atom is 0.272 e. The molecule has 3 aromatic rings. The fourth-order valence-electron chi connectivity index (χ4n) is 3.32. The van der Waals surface area contributed by atoms with E-state index in [1.165, 1.54) is 22.9 Å². The Morgan fingerprint density at radius 2 is 2.07 bits per heavy atom. The van der Waals surface area contributed by atoms with Crippen molar-refractivity contribution in [3.63, 3.8) is 0 Å². The van der Waals surface area contributed by atoms with E-state index in [-0.39, 0.29) is 17.3 Å². The summed E-state index contributed by atoms with van der Waals surface area (Å²) in [5, 5.41) is 11.3. The Labute approximate surface area is 165 Å². The van der Waals surface area contributed by atoms with Crippen LogP contribution in [0.4, 0.5) is 4.39 Å². The summed E-state index contributed by atoms with van der Waals surface area (Å²) in [6.45, 7) is 1.61. The monoisotopic (exact) mass is 397 g/mol. The number of rotatable bonds is 5. The third-order valence-corrected chi connectivity index (χ3v) is 4.89. The molecule has 0 aliphatic carbocycles. The average molecular weight is 397 g/mol. The van der Waals surface area contributed by atoms with E-state index in [1.807, 2.05) is 0 Å². The number of fused-ring (bicyclic) bond motifs is 1. The molecule has 29 heavy (non-hydrogen) atoms. The van der Waals surface area contributed by atoms with E-state index in [0.717, 1.165) is 11.3 Å². The highest BCUT2D eigenvalue weighted by Gasteiger charge is 2.25. The van der Waals surface area contributed by atoms with Gasteiger partial charge in [0.2, 0.25) is 0 Å². The van der Waals surface area contributed by atoms with Crippen molar-refractivity contribution in [1.82, 2.24) is 24.9 Å². The molecule has 1 aromatic carbocycles. The van der Waals surface area contributed by atoms with Crippen molar-refractivity contribution >= 4 is 5.91 Å². The fourth-order valence-corrected chi connectivity index (χ4v) is 3.32. The first-order chi connectivity index (χ1) is 14.0. The summed E-state index contributed by atoms with van der Waals surface area (Å²) in [6, 6.07) is 9.09. The topological polar surface area (TPSA) is 93.1 Å². The number of aromatic amines is 1. The third kappa shape index (κ3) is 3.95. The second-order valence-electron chi connectivity index (χ2n) is 6.82. The van der Waals surface area contributed by atoms with Crippen LogP contribution >= 0.6 is 0 Å². The number of nitrogens with one attached hydrogen (secondary N) is 1. The van der Waals surface area contributed by atoms with Crippen LogP contribution in [0.25, 0.3) is 11.3 Å². The fraction of sp³-hybridized carbons (Fsp3) is 0.300. The molecule has 150 valence electrons. The minimum Gasteiger partial charge on any atom is -0.383 e. The molecule has 0 saturated heterocycles. The van der Waals surface area contributed by atoms with E-state index in [0.29, 0.717) is 49.6 Å². The van der Waals surface area contributed by atoms with Gasteiger partial charge in [0.1, 0.15) is 11.5 Å². The molecular weight excluding hydrogens is 377 g/mol. The predicted octanol–water partition coefficient (Wildman–Crippen LogP) is 1.62. The lowest BCUT2D eigenvalue weighted by molar-refractivity contribution is 0.0726. The van der Waals surface area contributed by atoms with Gasteiger partial charge in [-0.15, -0.1) is 0 Å². The molecule has 0 radical (unpaired) electrons. The summed E-state index contributed by atoms with van der Waals surface area (Å²) in [4.78, 5) is 26.8. The van der Waals surface area contributed by atoms with Crippen molar-refractivity contribution in [3.05, 3.63) is 69.5 Å². The molecule has 0 atom stereocenters. The molecular formula is C20H20FN5O3. The molecule has 0 saturated carbocycles. The number of halogens is 1. The van der Waals surface area contributed by atoms with Crippen LogP contribution in [-0.4, -0.2) is 51.0 Å². The summed E-state index contributed by atoms with van der Waals surface area (Å²) in [6.07, 6.45) is 0.563. The van der Waals surface area contributed by atoms with E-state index in [2.05, 4.69) is 15.3 Å². The predicted molar refractivity (Wildman–Crippen MR) is 103 cm³/mol. The zero-order valence-electron chi connectivity index (χ0n) is 15.9. The van der Waals surface area contributed by atoms with Gasteiger partial charge < -0.3 is 9.64 Å². The Kier molecular flexibility index (Phi) is 5.22. The van der Waals surface area contributed by atoms with Gasteiger partial charge in [0, 0.05) is 43.8 Å². The van der Waals surface area contributed by atoms with Crippen molar-refractivity contribution < 1.29 is 13.9 Å². The van der Waals surface area contributed by atoms with Gasteiger partial charge in [-0.2, -0.15) is 10.2 Å². The quantitative estimate of drug-likeness (QED) is 0.706. The number of amides is 1. The first-order valence-corrected chi connectivity index (χ1v) is 9.24. The van der Waals surface area contributed by atoms with Crippen LogP contribution in [0, 0.1) is 5.82 Å². The van der Waals surface area contributed by atoms with Crippen LogP contribution < -0.4 is 5.56 Å². The molecule has 0 spiro atoms. The lowest BCUT2D eigenvalue weighted by atomic mass is 10.1. The average Bonchev–Trinajstić information content (AvgIpc) is 3.22. The Bertz CT molecular complexity index is 1090. The lowest BCUT2D eigenvalue weighted by Gasteiger charge is -2.27. The van der Waals surface area contributed by atoms with Crippen LogP contribution in [0.5, 0.6) is 0 Å². The van der Waals surface area contributed by atoms with E-state index < -0.39 is 0 Å². The number of benzene rings is 1. The largest absolute Gasteiger partial charge is 0.383 e. The molecule has 1 aliphatic rings. The van der Waals surface area contributed by atoms with Crippen LogP contribution in [-0.2, 0) is 24.2 Å². The van der Waals surface area contributed by atoms with Crippen molar-refractivity contribution in [2.45, 2.75) is 19.5 Å². The number of methoxy groups -OCH3 is 1. The molecule has 4 rings (SSSR count). The van der Waals surface area contributed by atoms with Crippen LogP contribution in [0.15, 0.2) is 41.2 Å². The SMILES string of the molecule is COCCn1nc2c(cc1=O)CN(C(=O)c1cc(-c3ccc(F)cc3)n[nH]1)CC2. The smallest absolute Gasteiger partial charge is 0.272 e. The number of carbonyl (C=O) groups is 1. The number of hydrogen-bond acceptors (Lipinski definition) is 5. The highest BCUT2D eigenvalue weighted by molar-refractivity contribution is 5.93. The highest BCUT2D eigenvalue weighted by Crippen LogP contribution is 2.21. The second-order valence-corrected chi connectivity index (χ2v) is 6.82. The van der Waals surface area contributed by atoms with E-state index in [1.54, 1.807) is 30.2 Å². The highest BCUT2D eigenvalue weighted by atomic mass is 19.1. The normalized spacial score (nSPS) is 13.4. The van der Waals surface area contributed by atoms with Gasteiger partial charge in [-0.3, -0.25) is 14.7 Å². The number of ether oxygens (including phenoxy) is 1. The number of carbonyl (C=O) groups excluding carboxylic acids is 1. The standard InChI is InChI=1S/C20H20FN5O3/c1-29-9-8-26-19(27)10-14-12-25(7-6-16(14)24-26)20(28)18-11-17(22-23-18)13-2-4-15(21)5-3-13/h2-5,10-11H,6-9,12H2,1H3,(H,22,23). The Morgan fingerprint density at radius 1 is 1.28 bits per heavy atom. The maximum atomic E-state index is 13.1. The van der Waals surface area contributed by atoms with Crippen LogP contribution in [0.3, 0.4) is 0 Å². The Hall–Kier alpha value is -3.33. The summed E-state index contributed by atoms with van der Waals surface area (Å²) in [5.74, 6) is -0.539. The summed E-state index contributed by atoms with van der Waals surface area (Å²) in [7, 11) is 1.57. The van der Waals surface area contributed by atoms with Gasteiger partial charge in [0.25, 0.3) is 11.5 Å². The molecule has 9 heteroatoms. The molecule has 3 heterocycles. The van der Waals surface area contributed by atoms with E-state index >= 15 is 0 Å². The minimum absolute atomic E-state index is 0.208. The molecule has 2 aromatic heterocycles. The minimum atomic E-state index is -0.331. The third-order valence-electron chi connectivity index (χ3n) is 4.89. The first-order valence-electron chi connectivity index (χ1n) is 9.24. The van der Waals surface area contributed by atoms with Gasteiger partial charge in [0.05, 0.1) is 24.5 Å². The molecule has 8 nitrogen and oxygen atoms in total. The molecule has 1 N–H and O–H groups in total. The van der Waals surface area contributed by atoms with Gasteiger partial charge in [-0.25, -0.2) is 9.07 Å². The molecule has 0 bridgehead atoms. The van der Waals surface area contributed by atoms with Gasteiger partial charge in [0.15, 0.2) is 0 Å². The van der Waals surface area contributed by atoms with E-state index in [9.17, 15) is 14.0 Å². The molecule has 0 fully saturated rings. The van der Waals surface area contributed by atoms with Gasteiger partial charge in [-0.05, 0) is 30.3 Å². The summed E-state index contributed by atoms with van der Waals surface area (Å²) < 4.78 is 19.5. The van der Waals surface area contributed by atoms with Crippen LogP contribution in [0.1, 0.15) is 21.7 Å². The van der Waals surface area contributed by atoms with Crippen molar-refractivity contribution in [1.29, 1.82) is 0 Å². The van der Waals surface area contributed by atoms with Gasteiger partial charge >= 0.3 is 0 Å². The number of aromatic nitrogens is 4. The zero-order valence-corrected chi connectivity index (χ0v) is 15.9. The first kappa shape index (κ1) is 19.0. The summed E-state index contributed by atoms with van der Waals surface area (Å²) >= 11 is 0. The Balaban J connectivity index is 1.51. The number of hydrogen-bond donors (Lipinski definition) is 1. The van der Waals surface area contributed by atoms with Crippen molar-refractivity contribution in [3.8, 4) is 11.3 Å². The number of nitrogens with zero attached hydrogens (tertiary/aromatic N) is 4. The van der Waals surface area contributed by atoms with Crippen LogP contribution in [0.2, 0.25) is 0 Å².